The highest BCUT2D eigenvalue weighted by Crippen LogP contribution is 2.39. The van der Waals surface area contributed by atoms with Gasteiger partial charge in [0, 0.05) is 34.3 Å². The van der Waals surface area contributed by atoms with Crippen LogP contribution in [0.2, 0.25) is 0 Å². The molecule has 2 heterocycles. The molecule has 0 aliphatic heterocycles. The van der Waals surface area contributed by atoms with Gasteiger partial charge < -0.3 is 34.3 Å². The molecule has 8 rings (SSSR count). The lowest BCUT2D eigenvalue weighted by Gasteiger charge is -2.27. The number of rotatable bonds is 11. The first kappa shape index (κ1) is 42.3. The maximum absolute atomic E-state index is 11.6. The van der Waals surface area contributed by atoms with Gasteiger partial charge in [-0.15, -0.1) is 0 Å². The highest BCUT2D eigenvalue weighted by molar-refractivity contribution is 5.73. The molecule has 0 amide bonds. The van der Waals surface area contributed by atoms with Gasteiger partial charge in [0.15, 0.2) is 0 Å². The second-order valence-electron chi connectivity index (χ2n) is 15.4. The summed E-state index contributed by atoms with van der Waals surface area (Å²) in [4.78, 5) is 27.9. The summed E-state index contributed by atoms with van der Waals surface area (Å²) in [6, 6.07) is 22.8. The number of methoxy groups -OCH3 is 1. The van der Waals surface area contributed by atoms with E-state index in [1.807, 2.05) is 64.1 Å². The van der Waals surface area contributed by atoms with Gasteiger partial charge in [-0.3, -0.25) is 4.79 Å². The zero-order valence-electron chi connectivity index (χ0n) is 34.9. The molecule has 2 aliphatic rings. The lowest BCUT2D eigenvalue weighted by molar-refractivity contribution is -0.139. The Morgan fingerprint density at radius 1 is 0.770 bits per heavy atom. The van der Waals surface area contributed by atoms with Crippen LogP contribution in [0.4, 0.5) is 11.4 Å². The molecule has 0 saturated carbocycles. The number of hydrogen-bond acceptors (Lipinski definition) is 12. The second-order valence-corrected chi connectivity index (χ2v) is 15.4. The number of benzene rings is 4. The van der Waals surface area contributed by atoms with Crippen LogP contribution in [0.3, 0.4) is 0 Å². The van der Waals surface area contributed by atoms with E-state index in [2.05, 4.69) is 47.4 Å². The zero-order chi connectivity index (χ0) is 43.0. The van der Waals surface area contributed by atoms with Crippen LogP contribution in [0, 0.1) is 13.1 Å². The van der Waals surface area contributed by atoms with Crippen molar-refractivity contribution in [3.8, 4) is 57.2 Å². The molecule has 61 heavy (non-hydrogen) atoms. The third-order valence-electron chi connectivity index (χ3n) is 10.5. The Morgan fingerprint density at radius 3 is 1.79 bits per heavy atom. The summed E-state index contributed by atoms with van der Waals surface area (Å²) in [6.45, 7) is 22.7. The van der Waals surface area contributed by atoms with Gasteiger partial charge in [-0.25, -0.2) is 9.69 Å². The molecule has 0 saturated heterocycles. The molecule has 0 radical (unpaired) electrons. The van der Waals surface area contributed by atoms with Gasteiger partial charge in [-0.05, 0) is 125 Å². The van der Waals surface area contributed by atoms with Crippen LogP contribution in [0.5, 0.6) is 11.5 Å². The van der Waals surface area contributed by atoms with Gasteiger partial charge in [0.05, 0.1) is 39.0 Å². The first-order valence-electron chi connectivity index (χ1n) is 20.4. The van der Waals surface area contributed by atoms with Crippen LogP contribution in [0.25, 0.3) is 55.4 Å². The molecule has 2 atom stereocenters. The lowest BCUT2D eigenvalue weighted by Crippen LogP contribution is -2.30. The largest absolute Gasteiger partial charge is 0.502 e. The fraction of sp³-hybridized carbons (Fsp3) is 0.340. The molecule has 14 nitrogen and oxygen atoms in total. The van der Waals surface area contributed by atoms with Gasteiger partial charge >= 0.3 is 5.97 Å². The summed E-state index contributed by atoms with van der Waals surface area (Å²) in [5.74, 6) is 2.58. The number of carbonyl (C=O) groups excluding carboxylic acids is 1. The Morgan fingerprint density at radius 2 is 1.28 bits per heavy atom. The maximum Gasteiger partial charge on any atom is 0.319 e. The molecule has 3 N–H and O–H groups in total. The van der Waals surface area contributed by atoms with Crippen molar-refractivity contribution < 1.29 is 28.1 Å². The van der Waals surface area contributed by atoms with Crippen molar-refractivity contribution in [2.75, 3.05) is 13.7 Å². The quantitative estimate of drug-likeness (QED) is 0.0938. The fourth-order valence-electron chi connectivity index (χ4n) is 7.73. The van der Waals surface area contributed by atoms with Gasteiger partial charge in [0.2, 0.25) is 23.0 Å². The van der Waals surface area contributed by atoms with Crippen molar-refractivity contribution in [1.29, 1.82) is 0 Å². The molecule has 4 aromatic carbocycles. The number of hydrogen-bond donors (Lipinski definition) is 2. The Balaban J connectivity index is 0.000000186. The summed E-state index contributed by atoms with van der Waals surface area (Å²) in [6.07, 6.45) is 5.81. The Labute approximate surface area is 355 Å². The van der Waals surface area contributed by atoms with Crippen LogP contribution in [-0.2, 0) is 22.4 Å². The highest BCUT2D eigenvalue weighted by Gasteiger charge is 2.26. The number of nitrogens with one attached hydrogen (secondary N) is 1. The molecule has 312 valence electrons. The third kappa shape index (κ3) is 9.62. The Hall–Kier alpha value is -6.87. The van der Waals surface area contributed by atoms with Crippen LogP contribution >= 0.6 is 0 Å². The van der Waals surface area contributed by atoms with Gasteiger partial charge in [0.25, 0.3) is 11.8 Å². The molecule has 2 aromatic heterocycles. The van der Waals surface area contributed by atoms with Crippen LogP contribution in [0.15, 0.2) is 81.8 Å². The minimum Gasteiger partial charge on any atom is -0.502 e. The fourth-order valence-corrected chi connectivity index (χ4v) is 7.73. The molecular weight excluding hydrogens is 773 g/mol. The first-order valence-corrected chi connectivity index (χ1v) is 20.4. The van der Waals surface area contributed by atoms with Crippen molar-refractivity contribution in [3.63, 3.8) is 0 Å². The third-order valence-corrected chi connectivity index (χ3v) is 10.5. The minimum atomic E-state index is -0.287. The van der Waals surface area contributed by atoms with Crippen molar-refractivity contribution >= 4 is 17.3 Å². The normalized spacial score (nSPS) is 15.4. The van der Waals surface area contributed by atoms with Crippen molar-refractivity contribution in [2.45, 2.75) is 90.5 Å². The topological polar surface area (TPSA) is 169 Å². The maximum atomic E-state index is 11.6. The van der Waals surface area contributed by atoms with Gasteiger partial charge in [0.1, 0.15) is 11.5 Å². The number of ether oxygens (including phenoxy) is 3. The molecule has 0 bridgehead atoms. The SMILES string of the molecule is [C-]#[N+]c1cc(-c2nc(-c3cccc4c3CCC[C@H]4N)no2)ccc1OC(C)C.[C-]#[N+]c1cc(-c2nc(-c3cccc4c3CCC[C@H]4NCC(=O)OC)no2)ccc1OC(C)C. The number of aromatic nitrogens is 4. The molecule has 14 heteroatoms. The van der Waals surface area contributed by atoms with E-state index in [9.17, 15) is 4.79 Å². The summed E-state index contributed by atoms with van der Waals surface area (Å²) in [5.41, 5.74) is 15.0. The molecule has 0 unspecified atom stereocenters. The average molecular weight is 821 g/mol. The standard InChI is InChI=1S/C25H26N4O4.C22H22N4O2/c1-15(2)32-22-12-11-16(13-21(22)26-3)25-28-24(29-33-25)19-9-5-8-18-17(19)7-6-10-20(18)27-14-23(30)31-4;1-13(2)27-20-11-10-14(12-19(20)24-3)22-25-21(26-28-22)17-8-4-7-16-15(17)6-5-9-18(16)23/h5,8-9,11-13,15,20,27H,6-7,10,14H2,1-2,4H3;4,7-8,10-13,18H,5-6,9,23H2,1-2H3/t20-;18-/m11/s1. The van der Waals surface area contributed by atoms with Crippen molar-refractivity contribution in [2.24, 2.45) is 5.73 Å². The zero-order valence-corrected chi connectivity index (χ0v) is 34.9. The van der Waals surface area contributed by atoms with Crippen molar-refractivity contribution in [3.05, 3.63) is 118 Å². The summed E-state index contributed by atoms with van der Waals surface area (Å²) < 4.78 is 27.2. The molecule has 6 aromatic rings. The van der Waals surface area contributed by atoms with E-state index < -0.39 is 0 Å². The Bertz CT molecular complexity index is 2600. The predicted molar refractivity (Wildman–Crippen MR) is 230 cm³/mol. The highest BCUT2D eigenvalue weighted by atomic mass is 16.5. The van der Waals surface area contributed by atoms with E-state index in [0.717, 1.165) is 60.8 Å². The molecular formula is C47H48N8O6. The van der Waals surface area contributed by atoms with Crippen LogP contribution < -0.4 is 20.5 Å². The van der Waals surface area contributed by atoms with E-state index in [-0.39, 0.29) is 36.8 Å². The smallest absolute Gasteiger partial charge is 0.319 e. The van der Waals surface area contributed by atoms with E-state index in [1.165, 1.54) is 18.2 Å². The minimum absolute atomic E-state index is 0.00279. The molecule has 0 fully saturated rings. The van der Waals surface area contributed by atoms with Crippen LogP contribution in [-0.4, -0.2) is 52.1 Å². The van der Waals surface area contributed by atoms with Crippen LogP contribution in [0.1, 0.15) is 87.7 Å². The summed E-state index contributed by atoms with van der Waals surface area (Å²) in [5, 5.41) is 11.7. The van der Waals surface area contributed by atoms with Gasteiger partial charge in [-0.2, -0.15) is 9.97 Å². The molecule has 0 spiro atoms. The summed E-state index contributed by atoms with van der Waals surface area (Å²) in [7, 11) is 1.39. The lowest BCUT2D eigenvalue weighted by atomic mass is 9.84. The number of carbonyl (C=O) groups is 1. The van der Waals surface area contributed by atoms with Crippen molar-refractivity contribution in [1.82, 2.24) is 25.6 Å². The van der Waals surface area contributed by atoms with E-state index >= 15 is 0 Å². The van der Waals surface area contributed by atoms with Gasteiger partial charge in [-0.1, -0.05) is 46.7 Å². The Kier molecular flexibility index (Phi) is 13.2. The number of esters is 1. The first-order chi connectivity index (χ1) is 29.6. The van der Waals surface area contributed by atoms with E-state index in [4.69, 9.17) is 42.1 Å². The average Bonchev–Trinajstić information content (AvgIpc) is 3.97. The number of nitrogens with two attached hydrogens (primary N) is 1. The number of nitrogens with zero attached hydrogens (tertiary/aromatic N) is 6. The predicted octanol–water partition coefficient (Wildman–Crippen LogP) is 9.96. The molecule has 2 aliphatic carbocycles. The van der Waals surface area contributed by atoms with E-state index in [0.29, 0.717) is 57.4 Å². The summed E-state index contributed by atoms with van der Waals surface area (Å²) >= 11 is 0. The second kappa shape index (κ2) is 19.0. The monoisotopic (exact) mass is 820 g/mol. The van der Waals surface area contributed by atoms with E-state index in [1.54, 1.807) is 24.3 Å². The number of fused-ring (bicyclic) bond motifs is 2.